The normalized spacial score (nSPS) is 16.9. The van der Waals surface area contributed by atoms with Crippen LogP contribution in [0.5, 0.6) is 0 Å². The van der Waals surface area contributed by atoms with E-state index in [9.17, 15) is 0 Å². The average molecular weight is 277 g/mol. The Morgan fingerprint density at radius 1 is 1.37 bits per heavy atom. The topological polar surface area (TPSA) is 17.8 Å². The van der Waals surface area contributed by atoms with Gasteiger partial charge in [0.05, 0.1) is 11.0 Å². The standard InChI is InChI=1S/C16H21ClN2/c1-2-13(11-12-7-8-12)19-15-6-4-3-5-14(15)18-16(19)9-10-17/h3-6,12-13H,2,7-11H2,1H3. The molecule has 0 saturated heterocycles. The van der Waals surface area contributed by atoms with E-state index in [0.717, 1.165) is 23.7 Å². The first-order valence-electron chi connectivity index (χ1n) is 7.35. The molecule has 0 spiro atoms. The monoisotopic (exact) mass is 276 g/mol. The zero-order valence-corrected chi connectivity index (χ0v) is 12.2. The predicted molar refractivity (Wildman–Crippen MR) is 80.8 cm³/mol. The maximum absolute atomic E-state index is 5.95. The van der Waals surface area contributed by atoms with E-state index < -0.39 is 0 Å². The number of nitrogens with zero attached hydrogens (tertiary/aromatic N) is 2. The molecule has 1 aromatic carbocycles. The predicted octanol–water partition coefficient (Wildman–Crippen LogP) is 4.57. The van der Waals surface area contributed by atoms with Crippen LogP contribution in [0, 0.1) is 5.92 Å². The van der Waals surface area contributed by atoms with E-state index in [4.69, 9.17) is 16.6 Å². The lowest BCUT2D eigenvalue weighted by Gasteiger charge is -2.20. The second-order valence-electron chi connectivity index (χ2n) is 5.57. The molecule has 1 atom stereocenters. The van der Waals surface area contributed by atoms with Gasteiger partial charge in [-0.25, -0.2) is 4.98 Å². The summed E-state index contributed by atoms with van der Waals surface area (Å²) in [4.78, 5) is 4.78. The van der Waals surface area contributed by atoms with Crippen molar-refractivity contribution in [3.63, 3.8) is 0 Å². The first-order valence-corrected chi connectivity index (χ1v) is 7.88. The number of hydrogen-bond acceptors (Lipinski definition) is 1. The van der Waals surface area contributed by atoms with Crippen molar-refractivity contribution in [3.05, 3.63) is 30.1 Å². The summed E-state index contributed by atoms with van der Waals surface area (Å²) in [6, 6.07) is 9.04. The van der Waals surface area contributed by atoms with Crippen molar-refractivity contribution in [1.82, 2.24) is 9.55 Å². The second kappa shape index (κ2) is 5.54. The lowest BCUT2D eigenvalue weighted by Crippen LogP contribution is -2.13. The van der Waals surface area contributed by atoms with Crippen LogP contribution in [-0.2, 0) is 6.42 Å². The second-order valence-corrected chi connectivity index (χ2v) is 5.94. The molecular weight excluding hydrogens is 256 g/mol. The Morgan fingerprint density at radius 2 is 2.16 bits per heavy atom. The van der Waals surface area contributed by atoms with Crippen LogP contribution in [0.1, 0.15) is 44.5 Å². The van der Waals surface area contributed by atoms with Crippen molar-refractivity contribution in [2.24, 2.45) is 5.92 Å². The fraction of sp³-hybridized carbons (Fsp3) is 0.562. The molecular formula is C16H21ClN2. The largest absolute Gasteiger partial charge is 0.325 e. The van der Waals surface area contributed by atoms with Crippen LogP contribution in [0.4, 0.5) is 0 Å². The quantitative estimate of drug-likeness (QED) is 0.707. The first kappa shape index (κ1) is 13.0. The van der Waals surface area contributed by atoms with E-state index in [0.29, 0.717) is 11.9 Å². The molecule has 19 heavy (non-hydrogen) atoms. The van der Waals surface area contributed by atoms with Crippen LogP contribution >= 0.6 is 11.6 Å². The van der Waals surface area contributed by atoms with Crippen molar-refractivity contribution >= 4 is 22.6 Å². The summed E-state index contributed by atoms with van der Waals surface area (Å²) in [6.45, 7) is 2.28. The molecule has 1 aliphatic rings. The molecule has 2 nitrogen and oxygen atoms in total. The average Bonchev–Trinajstić information content (AvgIpc) is 3.17. The Hall–Kier alpha value is -1.02. The van der Waals surface area contributed by atoms with Crippen molar-refractivity contribution in [3.8, 4) is 0 Å². The van der Waals surface area contributed by atoms with Gasteiger partial charge in [-0.3, -0.25) is 0 Å². The molecule has 1 aromatic heterocycles. The third-order valence-corrected chi connectivity index (χ3v) is 4.31. The van der Waals surface area contributed by atoms with Crippen LogP contribution in [0.15, 0.2) is 24.3 Å². The number of aromatic nitrogens is 2. The minimum Gasteiger partial charge on any atom is -0.325 e. The van der Waals surface area contributed by atoms with Crippen LogP contribution in [0.3, 0.4) is 0 Å². The molecule has 0 amide bonds. The SMILES string of the molecule is CCC(CC1CC1)n1c(CCCl)nc2ccccc21. The summed E-state index contributed by atoms with van der Waals surface area (Å²) in [6.07, 6.45) is 6.15. The zero-order chi connectivity index (χ0) is 13.2. The number of benzene rings is 1. The highest BCUT2D eigenvalue weighted by Gasteiger charge is 2.27. The van der Waals surface area contributed by atoms with Crippen molar-refractivity contribution < 1.29 is 0 Å². The summed E-state index contributed by atoms with van der Waals surface area (Å²) in [5.41, 5.74) is 2.38. The van der Waals surface area contributed by atoms with Gasteiger partial charge in [0.1, 0.15) is 5.82 Å². The van der Waals surface area contributed by atoms with Crippen LogP contribution in [-0.4, -0.2) is 15.4 Å². The molecule has 0 N–H and O–H groups in total. The molecule has 0 aliphatic heterocycles. The highest BCUT2D eigenvalue weighted by molar-refractivity contribution is 6.17. The van der Waals surface area contributed by atoms with Gasteiger partial charge >= 0.3 is 0 Å². The Kier molecular flexibility index (Phi) is 3.79. The smallest absolute Gasteiger partial charge is 0.111 e. The summed E-state index contributed by atoms with van der Waals surface area (Å²) < 4.78 is 2.45. The van der Waals surface area contributed by atoms with Crippen molar-refractivity contribution in [1.29, 1.82) is 0 Å². The molecule has 3 rings (SSSR count). The van der Waals surface area contributed by atoms with Gasteiger partial charge in [-0.1, -0.05) is 31.9 Å². The van der Waals surface area contributed by atoms with E-state index in [2.05, 4.69) is 35.8 Å². The number of rotatable bonds is 6. The van der Waals surface area contributed by atoms with E-state index in [1.807, 2.05) is 0 Å². The molecule has 1 unspecified atom stereocenters. The molecule has 1 fully saturated rings. The van der Waals surface area contributed by atoms with Gasteiger partial charge in [-0.05, 0) is 30.9 Å². The Labute approximate surface area is 119 Å². The van der Waals surface area contributed by atoms with Gasteiger partial charge in [0, 0.05) is 18.3 Å². The summed E-state index contributed by atoms with van der Waals surface area (Å²) in [5.74, 6) is 2.74. The van der Waals surface area contributed by atoms with Crippen LogP contribution < -0.4 is 0 Å². The minimum atomic E-state index is 0.582. The van der Waals surface area contributed by atoms with E-state index >= 15 is 0 Å². The molecule has 3 heteroatoms. The number of para-hydroxylation sites is 2. The van der Waals surface area contributed by atoms with Gasteiger partial charge in [0.2, 0.25) is 0 Å². The molecule has 2 aromatic rings. The van der Waals surface area contributed by atoms with Crippen LogP contribution in [0.25, 0.3) is 11.0 Å². The van der Waals surface area contributed by atoms with Crippen molar-refractivity contribution in [2.45, 2.75) is 45.1 Å². The fourth-order valence-corrected chi connectivity index (χ4v) is 3.12. The number of fused-ring (bicyclic) bond motifs is 1. The molecule has 102 valence electrons. The number of alkyl halides is 1. The van der Waals surface area contributed by atoms with Crippen LogP contribution in [0.2, 0.25) is 0 Å². The molecule has 1 aliphatic carbocycles. The Bertz CT molecular complexity index is 557. The summed E-state index contributed by atoms with van der Waals surface area (Å²) in [5, 5.41) is 0. The Morgan fingerprint density at radius 3 is 2.84 bits per heavy atom. The lowest BCUT2D eigenvalue weighted by molar-refractivity contribution is 0.427. The maximum atomic E-state index is 5.95. The molecule has 1 heterocycles. The van der Waals surface area contributed by atoms with Gasteiger partial charge in [0.15, 0.2) is 0 Å². The molecule has 0 bridgehead atoms. The fourth-order valence-electron chi connectivity index (χ4n) is 2.96. The zero-order valence-electron chi connectivity index (χ0n) is 11.5. The number of imidazole rings is 1. The Balaban J connectivity index is 2.03. The van der Waals surface area contributed by atoms with E-state index in [-0.39, 0.29) is 0 Å². The molecule has 1 saturated carbocycles. The van der Waals surface area contributed by atoms with E-state index in [1.165, 1.54) is 31.2 Å². The number of hydrogen-bond donors (Lipinski definition) is 0. The maximum Gasteiger partial charge on any atom is 0.111 e. The van der Waals surface area contributed by atoms with Gasteiger partial charge in [-0.2, -0.15) is 0 Å². The third kappa shape index (κ3) is 2.64. The summed E-state index contributed by atoms with van der Waals surface area (Å²) >= 11 is 5.95. The number of halogens is 1. The first-order chi connectivity index (χ1) is 9.33. The van der Waals surface area contributed by atoms with Gasteiger partial charge < -0.3 is 4.57 Å². The highest BCUT2D eigenvalue weighted by atomic mass is 35.5. The van der Waals surface area contributed by atoms with Gasteiger partial charge in [-0.15, -0.1) is 11.6 Å². The van der Waals surface area contributed by atoms with Crippen molar-refractivity contribution in [2.75, 3.05) is 5.88 Å². The van der Waals surface area contributed by atoms with Gasteiger partial charge in [0.25, 0.3) is 0 Å². The molecule has 0 radical (unpaired) electrons. The lowest BCUT2D eigenvalue weighted by atomic mass is 10.1. The van der Waals surface area contributed by atoms with E-state index in [1.54, 1.807) is 0 Å². The highest BCUT2D eigenvalue weighted by Crippen LogP contribution is 2.39. The summed E-state index contributed by atoms with van der Waals surface area (Å²) in [7, 11) is 0. The number of aryl methyl sites for hydroxylation is 1. The minimum absolute atomic E-state index is 0.582. The third-order valence-electron chi connectivity index (χ3n) is 4.13.